The van der Waals surface area contributed by atoms with E-state index in [0.29, 0.717) is 12.0 Å². The van der Waals surface area contributed by atoms with Crippen molar-refractivity contribution in [2.45, 2.75) is 147 Å². The molecule has 1 aliphatic rings. The van der Waals surface area contributed by atoms with Gasteiger partial charge in [0.1, 0.15) is 5.60 Å². The van der Waals surface area contributed by atoms with Crippen LogP contribution in [-0.4, -0.2) is 41.5 Å². The van der Waals surface area contributed by atoms with E-state index in [-0.39, 0.29) is 12.8 Å². The molecule has 216 valence electrons. The lowest BCUT2D eigenvalue weighted by Crippen LogP contribution is -2.46. The Kier molecular flexibility index (Phi) is 14.4. The molecule has 38 heavy (non-hydrogen) atoms. The van der Waals surface area contributed by atoms with Crippen molar-refractivity contribution in [3.8, 4) is 0 Å². The maximum absolute atomic E-state index is 12.9. The van der Waals surface area contributed by atoms with Crippen LogP contribution in [0.2, 0.25) is 0 Å². The quantitative estimate of drug-likeness (QED) is 0.137. The summed E-state index contributed by atoms with van der Waals surface area (Å²) in [5, 5.41) is 11.1. The minimum Gasteiger partial charge on any atom is -0.455 e. The number of benzene rings is 1. The first-order valence-corrected chi connectivity index (χ1v) is 14.9. The largest absolute Gasteiger partial charge is 0.455 e. The van der Waals surface area contributed by atoms with E-state index in [0.717, 1.165) is 12.8 Å². The number of cyclic esters (lactones) is 1. The van der Waals surface area contributed by atoms with Crippen LogP contribution in [0.4, 0.5) is 0 Å². The standard InChI is InChI=1S/C32H52O6/c1-5-6-7-8-9-10-11-12-13-14-15-16-20-23-31(2,35)25-32(3)27(24-28(33)38-32)37-30(34)29(36-4)26-21-18-17-19-22-26/h17-19,21-22,27,29,35H,5-16,20,23-25H2,1-4H3/t27-,29-,31-,32-/m0/s1. The van der Waals surface area contributed by atoms with E-state index in [1.54, 1.807) is 26.0 Å². The van der Waals surface area contributed by atoms with Crippen LogP contribution in [0.25, 0.3) is 0 Å². The van der Waals surface area contributed by atoms with Gasteiger partial charge in [-0.05, 0) is 25.8 Å². The molecule has 1 fully saturated rings. The van der Waals surface area contributed by atoms with Crippen molar-refractivity contribution in [2.24, 2.45) is 0 Å². The number of esters is 2. The summed E-state index contributed by atoms with van der Waals surface area (Å²) in [4.78, 5) is 25.1. The molecule has 0 aliphatic carbocycles. The van der Waals surface area contributed by atoms with Gasteiger partial charge in [-0.25, -0.2) is 4.79 Å². The minimum absolute atomic E-state index is 0.0255. The molecule has 0 bridgehead atoms. The van der Waals surface area contributed by atoms with Gasteiger partial charge in [-0.1, -0.05) is 121 Å². The molecule has 4 atom stereocenters. The zero-order valence-electron chi connectivity index (χ0n) is 24.3. The summed E-state index contributed by atoms with van der Waals surface area (Å²) in [5.74, 6) is -0.986. The topological polar surface area (TPSA) is 82.1 Å². The van der Waals surface area contributed by atoms with Crippen LogP contribution in [0.3, 0.4) is 0 Å². The van der Waals surface area contributed by atoms with Crippen molar-refractivity contribution < 1.29 is 28.9 Å². The number of hydrogen-bond donors (Lipinski definition) is 1. The fourth-order valence-corrected chi connectivity index (χ4v) is 5.62. The minimum atomic E-state index is -1.08. The number of rotatable bonds is 20. The van der Waals surface area contributed by atoms with E-state index in [9.17, 15) is 14.7 Å². The van der Waals surface area contributed by atoms with Crippen LogP contribution in [-0.2, 0) is 23.8 Å². The molecule has 1 saturated heterocycles. The zero-order valence-corrected chi connectivity index (χ0v) is 24.3. The Labute approximate surface area is 230 Å². The van der Waals surface area contributed by atoms with Crippen LogP contribution in [0.5, 0.6) is 0 Å². The molecular weight excluding hydrogens is 480 g/mol. The van der Waals surface area contributed by atoms with Crippen LogP contribution >= 0.6 is 0 Å². The summed E-state index contributed by atoms with van der Waals surface area (Å²) < 4.78 is 16.8. The van der Waals surface area contributed by atoms with Gasteiger partial charge in [-0.2, -0.15) is 0 Å². The molecular formula is C32H52O6. The second-order valence-electron chi connectivity index (χ2n) is 11.6. The molecule has 0 amide bonds. The first kappa shape index (κ1) is 32.3. The monoisotopic (exact) mass is 532 g/mol. The highest BCUT2D eigenvalue weighted by Gasteiger charge is 2.51. The highest BCUT2D eigenvalue weighted by Crippen LogP contribution is 2.38. The lowest BCUT2D eigenvalue weighted by Gasteiger charge is -2.36. The SMILES string of the molecule is CCCCCCCCCCCCCCC[C@](C)(O)C[C@]1(C)OC(=O)C[C@@H]1OC(=O)[C@@H](OC)c1ccccc1. The third-order valence-corrected chi connectivity index (χ3v) is 7.74. The smallest absolute Gasteiger partial charge is 0.340 e. The maximum Gasteiger partial charge on any atom is 0.340 e. The molecule has 1 aliphatic heterocycles. The fraction of sp³-hybridized carbons (Fsp3) is 0.750. The Morgan fingerprint density at radius 3 is 2.05 bits per heavy atom. The molecule has 6 nitrogen and oxygen atoms in total. The molecule has 1 N–H and O–H groups in total. The molecule has 2 rings (SSSR count). The average Bonchev–Trinajstić information content (AvgIpc) is 3.14. The van der Waals surface area contributed by atoms with E-state index in [4.69, 9.17) is 14.2 Å². The Bertz CT molecular complexity index is 807. The van der Waals surface area contributed by atoms with Crippen LogP contribution in [0.1, 0.15) is 135 Å². The second kappa shape index (κ2) is 16.9. The van der Waals surface area contributed by atoms with E-state index < -0.39 is 35.3 Å². The van der Waals surface area contributed by atoms with Gasteiger partial charge in [-0.3, -0.25) is 4.79 Å². The number of unbranched alkanes of at least 4 members (excludes halogenated alkanes) is 12. The van der Waals surface area contributed by atoms with Gasteiger partial charge in [0.2, 0.25) is 0 Å². The zero-order chi connectivity index (χ0) is 27.9. The number of hydrogen-bond acceptors (Lipinski definition) is 6. The molecule has 0 saturated carbocycles. The number of carbonyl (C=O) groups excluding carboxylic acids is 2. The molecule has 0 unspecified atom stereocenters. The average molecular weight is 533 g/mol. The summed E-state index contributed by atoms with van der Waals surface area (Å²) in [6.07, 6.45) is 15.7. The highest BCUT2D eigenvalue weighted by molar-refractivity contribution is 5.79. The molecule has 0 aromatic heterocycles. The summed E-state index contributed by atoms with van der Waals surface area (Å²) in [5.41, 5.74) is -1.43. The van der Waals surface area contributed by atoms with Crippen molar-refractivity contribution in [2.75, 3.05) is 7.11 Å². The summed E-state index contributed by atoms with van der Waals surface area (Å²) in [6.45, 7) is 5.79. The Hall–Kier alpha value is -1.92. The van der Waals surface area contributed by atoms with E-state index in [2.05, 4.69) is 6.92 Å². The van der Waals surface area contributed by atoms with Gasteiger partial charge < -0.3 is 19.3 Å². The van der Waals surface area contributed by atoms with Gasteiger partial charge in [0, 0.05) is 13.5 Å². The van der Waals surface area contributed by atoms with Crippen LogP contribution in [0, 0.1) is 0 Å². The van der Waals surface area contributed by atoms with Crippen molar-refractivity contribution >= 4 is 11.9 Å². The number of ether oxygens (including phenoxy) is 3. The van der Waals surface area contributed by atoms with Gasteiger partial charge >= 0.3 is 11.9 Å². The highest BCUT2D eigenvalue weighted by atomic mass is 16.6. The predicted octanol–water partition coefficient (Wildman–Crippen LogP) is 7.61. The van der Waals surface area contributed by atoms with Crippen molar-refractivity contribution in [1.82, 2.24) is 0 Å². The molecule has 6 heteroatoms. The van der Waals surface area contributed by atoms with E-state index >= 15 is 0 Å². The van der Waals surface area contributed by atoms with Gasteiger partial charge in [0.25, 0.3) is 0 Å². The lowest BCUT2D eigenvalue weighted by molar-refractivity contribution is -0.177. The predicted molar refractivity (Wildman–Crippen MR) is 151 cm³/mol. The molecule has 0 spiro atoms. The van der Waals surface area contributed by atoms with Gasteiger partial charge in [0.15, 0.2) is 12.2 Å². The Morgan fingerprint density at radius 1 is 1.00 bits per heavy atom. The summed E-state index contributed by atoms with van der Waals surface area (Å²) in [6, 6.07) is 9.11. The normalized spacial score (nSPS) is 21.6. The van der Waals surface area contributed by atoms with Crippen molar-refractivity contribution in [3.05, 3.63) is 35.9 Å². The Morgan fingerprint density at radius 2 is 1.53 bits per heavy atom. The van der Waals surface area contributed by atoms with Crippen LogP contribution in [0.15, 0.2) is 30.3 Å². The third-order valence-electron chi connectivity index (χ3n) is 7.74. The molecule has 1 aromatic carbocycles. The first-order valence-electron chi connectivity index (χ1n) is 14.9. The first-order chi connectivity index (χ1) is 18.2. The van der Waals surface area contributed by atoms with E-state index in [1.165, 1.54) is 77.7 Å². The summed E-state index contributed by atoms with van der Waals surface area (Å²) >= 11 is 0. The van der Waals surface area contributed by atoms with Crippen molar-refractivity contribution in [1.29, 1.82) is 0 Å². The summed E-state index contributed by atoms with van der Waals surface area (Å²) in [7, 11) is 1.45. The lowest BCUT2D eigenvalue weighted by atomic mass is 9.82. The molecule has 1 aromatic rings. The third kappa shape index (κ3) is 11.4. The molecule has 0 radical (unpaired) electrons. The van der Waals surface area contributed by atoms with E-state index in [1.807, 2.05) is 18.2 Å². The number of aliphatic hydroxyl groups is 1. The van der Waals surface area contributed by atoms with Gasteiger partial charge in [0.05, 0.1) is 12.0 Å². The Balaban J connectivity index is 1.71. The van der Waals surface area contributed by atoms with Crippen molar-refractivity contribution in [3.63, 3.8) is 0 Å². The second-order valence-corrected chi connectivity index (χ2v) is 11.6. The molecule has 1 heterocycles. The number of carbonyl (C=O) groups is 2. The number of methoxy groups -OCH3 is 1. The van der Waals surface area contributed by atoms with Gasteiger partial charge in [-0.15, -0.1) is 0 Å². The fourth-order valence-electron chi connectivity index (χ4n) is 5.62. The maximum atomic E-state index is 12.9. The van der Waals surface area contributed by atoms with Crippen LogP contribution < -0.4 is 0 Å².